The molecule has 5 nitrogen and oxygen atoms in total. The summed E-state index contributed by atoms with van der Waals surface area (Å²) in [6.45, 7) is 1.97. The van der Waals surface area contributed by atoms with Crippen molar-refractivity contribution >= 4 is 38.8 Å². The Balaban J connectivity index is 1.98. The van der Waals surface area contributed by atoms with E-state index in [0.717, 1.165) is 15.8 Å². The van der Waals surface area contributed by atoms with Gasteiger partial charge in [0.15, 0.2) is 5.78 Å². The van der Waals surface area contributed by atoms with Gasteiger partial charge in [-0.25, -0.2) is 9.97 Å². The van der Waals surface area contributed by atoms with E-state index in [1.807, 2.05) is 25.1 Å². The van der Waals surface area contributed by atoms with Crippen LogP contribution < -0.4 is 11.5 Å². The van der Waals surface area contributed by atoms with Gasteiger partial charge in [0.1, 0.15) is 12.1 Å². The Bertz CT molecular complexity index is 841. The lowest BCUT2D eigenvalue weighted by Gasteiger charge is -2.06. The van der Waals surface area contributed by atoms with Crippen LogP contribution in [-0.2, 0) is 6.42 Å². The lowest BCUT2D eigenvalue weighted by atomic mass is 10.00. The largest absolute Gasteiger partial charge is 0.399 e. The Kier molecular flexibility index (Phi) is 3.31. The van der Waals surface area contributed by atoms with Crippen molar-refractivity contribution in [3.05, 3.63) is 46.6 Å². The van der Waals surface area contributed by atoms with Gasteiger partial charge in [0, 0.05) is 17.5 Å². The van der Waals surface area contributed by atoms with Crippen molar-refractivity contribution in [2.24, 2.45) is 0 Å². The third-order valence-corrected chi connectivity index (χ3v) is 4.40. The molecular formula is C15H14N4OS. The highest BCUT2D eigenvalue weighted by molar-refractivity contribution is 7.18. The molecule has 0 aliphatic heterocycles. The molecule has 4 N–H and O–H groups in total. The first-order chi connectivity index (χ1) is 10.1. The van der Waals surface area contributed by atoms with Crippen LogP contribution in [0, 0.1) is 6.92 Å². The number of carbonyl (C=O) groups is 1. The van der Waals surface area contributed by atoms with Crippen LogP contribution in [0.15, 0.2) is 29.9 Å². The van der Waals surface area contributed by atoms with E-state index >= 15 is 0 Å². The molecule has 106 valence electrons. The zero-order valence-electron chi connectivity index (χ0n) is 11.5. The molecular weight excluding hydrogens is 284 g/mol. The molecule has 6 heteroatoms. The standard InChI is InChI=1S/C15H14N4OS/c1-8-2-3-10(16)4-9(8)5-12(20)11-6-21-14-13(11)18-7-19-15(14)17/h2-4,6-7H,5,16H2,1H3,(H2,17,18,19). The molecule has 0 atom stereocenters. The molecule has 0 unspecified atom stereocenters. The molecule has 0 saturated heterocycles. The summed E-state index contributed by atoms with van der Waals surface area (Å²) in [7, 11) is 0. The normalized spacial score (nSPS) is 10.9. The Morgan fingerprint density at radius 3 is 2.90 bits per heavy atom. The number of aryl methyl sites for hydroxylation is 1. The molecule has 2 aromatic heterocycles. The maximum atomic E-state index is 12.5. The van der Waals surface area contributed by atoms with E-state index in [9.17, 15) is 4.79 Å². The van der Waals surface area contributed by atoms with Crippen LogP contribution in [0.2, 0.25) is 0 Å². The third-order valence-electron chi connectivity index (χ3n) is 3.41. The van der Waals surface area contributed by atoms with Crippen LogP contribution in [0.25, 0.3) is 10.2 Å². The monoisotopic (exact) mass is 298 g/mol. The van der Waals surface area contributed by atoms with Gasteiger partial charge < -0.3 is 11.5 Å². The van der Waals surface area contributed by atoms with Gasteiger partial charge in [0.2, 0.25) is 0 Å². The lowest BCUT2D eigenvalue weighted by Crippen LogP contribution is -2.05. The summed E-state index contributed by atoms with van der Waals surface area (Å²) < 4.78 is 0.755. The number of fused-ring (bicyclic) bond motifs is 1. The van der Waals surface area contributed by atoms with Crippen LogP contribution in [-0.4, -0.2) is 15.8 Å². The molecule has 3 rings (SSSR count). The molecule has 0 radical (unpaired) electrons. The number of anilines is 2. The van der Waals surface area contributed by atoms with Crippen LogP contribution in [0.3, 0.4) is 0 Å². The van der Waals surface area contributed by atoms with Crippen molar-refractivity contribution in [2.75, 3.05) is 11.5 Å². The van der Waals surface area contributed by atoms with Crippen molar-refractivity contribution in [3.8, 4) is 0 Å². The molecule has 0 aliphatic carbocycles. The SMILES string of the molecule is Cc1ccc(N)cc1CC(=O)c1csc2c(N)ncnc12. The first-order valence-electron chi connectivity index (χ1n) is 6.42. The zero-order chi connectivity index (χ0) is 15.0. The second-order valence-electron chi connectivity index (χ2n) is 4.87. The highest BCUT2D eigenvalue weighted by Gasteiger charge is 2.16. The average molecular weight is 298 g/mol. The number of aromatic nitrogens is 2. The maximum Gasteiger partial charge on any atom is 0.170 e. The predicted octanol–water partition coefficient (Wildman–Crippen LogP) is 2.59. The molecule has 0 fully saturated rings. The fourth-order valence-electron chi connectivity index (χ4n) is 2.22. The van der Waals surface area contributed by atoms with Crippen LogP contribution >= 0.6 is 11.3 Å². The second kappa shape index (κ2) is 5.14. The minimum absolute atomic E-state index is 0.00745. The molecule has 3 aromatic rings. The number of nitrogen functional groups attached to an aromatic ring is 2. The number of rotatable bonds is 3. The first-order valence-corrected chi connectivity index (χ1v) is 7.30. The fraction of sp³-hybridized carbons (Fsp3) is 0.133. The molecule has 21 heavy (non-hydrogen) atoms. The predicted molar refractivity (Wildman–Crippen MR) is 85.5 cm³/mol. The Morgan fingerprint density at radius 2 is 2.10 bits per heavy atom. The summed E-state index contributed by atoms with van der Waals surface area (Å²) >= 11 is 1.39. The highest BCUT2D eigenvalue weighted by atomic mass is 32.1. The number of hydrogen-bond acceptors (Lipinski definition) is 6. The van der Waals surface area contributed by atoms with E-state index in [4.69, 9.17) is 11.5 Å². The van der Waals surface area contributed by atoms with Gasteiger partial charge in [-0.15, -0.1) is 11.3 Å². The maximum absolute atomic E-state index is 12.5. The number of Topliss-reactive ketones (excluding diaryl/α,β-unsaturated/α-hetero) is 1. The highest BCUT2D eigenvalue weighted by Crippen LogP contribution is 2.28. The summed E-state index contributed by atoms with van der Waals surface area (Å²) in [5.74, 6) is 0.414. The van der Waals surface area contributed by atoms with Gasteiger partial charge in [-0.2, -0.15) is 0 Å². The number of nitrogens with zero attached hydrogens (tertiary/aromatic N) is 2. The Morgan fingerprint density at radius 1 is 1.29 bits per heavy atom. The average Bonchev–Trinajstić information content (AvgIpc) is 2.88. The number of hydrogen-bond donors (Lipinski definition) is 2. The van der Waals surface area contributed by atoms with Gasteiger partial charge in [0.25, 0.3) is 0 Å². The van der Waals surface area contributed by atoms with Gasteiger partial charge in [-0.05, 0) is 30.2 Å². The number of thiophene rings is 1. The van der Waals surface area contributed by atoms with Crippen LogP contribution in [0.1, 0.15) is 21.5 Å². The van der Waals surface area contributed by atoms with E-state index in [0.29, 0.717) is 29.0 Å². The van der Waals surface area contributed by atoms with Crippen molar-refractivity contribution in [2.45, 2.75) is 13.3 Å². The summed E-state index contributed by atoms with van der Waals surface area (Å²) in [6.07, 6.45) is 1.68. The van der Waals surface area contributed by atoms with E-state index in [1.165, 1.54) is 17.7 Å². The van der Waals surface area contributed by atoms with E-state index < -0.39 is 0 Å². The van der Waals surface area contributed by atoms with E-state index in [1.54, 1.807) is 5.38 Å². The Labute approximate surface area is 125 Å². The van der Waals surface area contributed by atoms with E-state index in [-0.39, 0.29) is 5.78 Å². The smallest absolute Gasteiger partial charge is 0.170 e. The minimum atomic E-state index is 0.00745. The summed E-state index contributed by atoms with van der Waals surface area (Å²) in [5.41, 5.74) is 15.4. The summed E-state index contributed by atoms with van der Waals surface area (Å²) in [5, 5.41) is 1.79. The zero-order valence-corrected chi connectivity index (χ0v) is 12.3. The molecule has 0 amide bonds. The van der Waals surface area contributed by atoms with Crippen LogP contribution in [0.5, 0.6) is 0 Å². The van der Waals surface area contributed by atoms with Crippen molar-refractivity contribution in [1.82, 2.24) is 9.97 Å². The van der Waals surface area contributed by atoms with Crippen LogP contribution in [0.4, 0.5) is 11.5 Å². The number of carbonyl (C=O) groups excluding carboxylic acids is 1. The third kappa shape index (κ3) is 2.45. The van der Waals surface area contributed by atoms with Gasteiger partial charge >= 0.3 is 0 Å². The molecule has 0 aliphatic rings. The molecule has 1 aromatic carbocycles. The lowest BCUT2D eigenvalue weighted by molar-refractivity contribution is 0.0994. The number of benzene rings is 1. The van der Waals surface area contributed by atoms with Crippen molar-refractivity contribution < 1.29 is 4.79 Å². The van der Waals surface area contributed by atoms with Gasteiger partial charge in [-0.3, -0.25) is 4.79 Å². The summed E-state index contributed by atoms with van der Waals surface area (Å²) in [6, 6.07) is 5.59. The molecule has 2 heterocycles. The van der Waals surface area contributed by atoms with Gasteiger partial charge in [-0.1, -0.05) is 6.07 Å². The number of nitrogens with two attached hydrogens (primary N) is 2. The summed E-state index contributed by atoms with van der Waals surface area (Å²) in [4.78, 5) is 20.6. The molecule has 0 bridgehead atoms. The molecule has 0 saturated carbocycles. The first kappa shape index (κ1) is 13.5. The minimum Gasteiger partial charge on any atom is -0.399 e. The van der Waals surface area contributed by atoms with Crippen molar-refractivity contribution in [1.29, 1.82) is 0 Å². The Hall–Kier alpha value is -2.47. The molecule has 0 spiro atoms. The van der Waals surface area contributed by atoms with Crippen molar-refractivity contribution in [3.63, 3.8) is 0 Å². The quantitative estimate of drug-likeness (QED) is 0.572. The van der Waals surface area contributed by atoms with Gasteiger partial charge in [0.05, 0.1) is 15.8 Å². The number of ketones is 1. The fourth-order valence-corrected chi connectivity index (χ4v) is 3.14. The topological polar surface area (TPSA) is 94.9 Å². The second-order valence-corrected chi connectivity index (χ2v) is 5.75. The van der Waals surface area contributed by atoms with E-state index in [2.05, 4.69) is 9.97 Å².